The molecule has 0 aliphatic carbocycles. The molecule has 4 rings (SSSR count). The Hall–Kier alpha value is -2.57. The second-order valence-corrected chi connectivity index (χ2v) is 6.90. The van der Waals surface area contributed by atoms with E-state index in [1.54, 1.807) is 6.20 Å². The van der Waals surface area contributed by atoms with Crippen LogP contribution in [0.2, 0.25) is 0 Å². The third kappa shape index (κ3) is 3.52. The minimum Gasteiger partial charge on any atom is -0.312 e. The van der Waals surface area contributed by atoms with Gasteiger partial charge in [0.05, 0.1) is 11.9 Å². The van der Waals surface area contributed by atoms with Crippen molar-refractivity contribution in [3.8, 4) is 11.3 Å². The van der Waals surface area contributed by atoms with E-state index in [0.717, 1.165) is 30.9 Å². The van der Waals surface area contributed by atoms with Gasteiger partial charge in [-0.25, -0.2) is 0 Å². The van der Waals surface area contributed by atoms with Gasteiger partial charge in [-0.1, -0.05) is 6.07 Å². The predicted octanol–water partition coefficient (Wildman–Crippen LogP) is 2.65. The van der Waals surface area contributed by atoms with Gasteiger partial charge >= 0.3 is 0 Å². The molecule has 3 aromatic rings. The van der Waals surface area contributed by atoms with Gasteiger partial charge in [0.25, 0.3) is 0 Å². The van der Waals surface area contributed by atoms with E-state index in [2.05, 4.69) is 43.5 Å². The maximum atomic E-state index is 4.30. The molecule has 1 fully saturated rings. The van der Waals surface area contributed by atoms with Gasteiger partial charge in [0.2, 0.25) is 0 Å². The second-order valence-electron chi connectivity index (χ2n) is 6.90. The van der Waals surface area contributed by atoms with E-state index in [0.29, 0.717) is 12.0 Å². The smallest absolute Gasteiger partial charge is 0.0710 e. The van der Waals surface area contributed by atoms with Crippen LogP contribution in [0.3, 0.4) is 0 Å². The molecular weight excluding hydrogens is 324 g/mol. The van der Waals surface area contributed by atoms with E-state index in [4.69, 9.17) is 0 Å². The quantitative estimate of drug-likeness (QED) is 0.717. The molecule has 0 saturated carbocycles. The number of hydrogen-bond acceptors (Lipinski definition) is 5. The van der Waals surface area contributed by atoms with Crippen LogP contribution in [0.1, 0.15) is 23.6 Å². The van der Waals surface area contributed by atoms with E-state index >= 15 is 0 Å². The van der Waals surface area contributed by atoms with Gasteiger partial charge in [-0.05, 0) is 49.7 Å². The summed E-state index contributed by atoms with van der Waals surface area (Å²) >= 11 is 0. The number of hydrogen-bond donors (Lipinski definition) is 2. The summed E-state index contributed by atoms with van der Waals surface area (Å²) in [4.78, 5) is 10.9. The molecule has 6 heteroatoms. The topological polar surface area (TPSA) is 69.7 Å². The average Bonchev–Trinajstić information content (AvgIpc) is 3.30. The van der Waals surface area contributed by atoms with Crippen molar-refractivity contribution in [2.24, 2.45) is 5.92 Å². The monoisotopic (exact) mass is 348 g/mol. The van der Waals surface area contributed by atoms with Crippen LogP contribution < -0.4 is 5.32 Å². The highest BCUT2D eigenvalue weighted by Crippen LogP contribution is 2.35. The molecule has 1 aliphatic rings. The molecule has 0 radical (unpaired) electrons. The zero-order valence-corrected chi connectivity index (χ0v) is 15.0. The summed E-state index contributed by atoms with van der Waals surface area (Å²) in [6.07, 6.45) is 10.6. The first kappa shape index (κ1) is 16.9. The van der Waals surface area contributed by atoms with E-state index < -0.39 is 0 Å². The summed E-state index contributed by atoms with van der Waals surface area (Å²) in [5.41, 5.74) is 4.58. The van der Waals surface area contributed by atoms with E-state index in [9.17, 15) is 0 Å². The molecular formula is C20H24N6. The molecule has 1 aliphatic heterocycles. The Morgan fingerprint density at radius 1 is 1.15 bits per heavy atom. The molecule has 6 nitrogen and oxygen atoms in total. The Kier molecular flexibility index (Phi) is 5.04. The van der Waals surface area contributed by atoms with Crippen molar-refractivity contribution in [3.05, 3.63) is 66.4 Å². The number of rotatable bonds is 6. The SMILES string of the molecule is CN1CC[C@@H](CNCc2cn[nH]c2-c2cccnc2)[C@@H]1c1cccnc1. The van der Waals surface area contributed by atoms with Crippen LogP contribution in [0.4, 0.5) is 0 Å². The Labute approximate surface area is 153 Å². The van der Waals surface area contributed by atoms with E-state index in [1.807, 2.05) is 43.0 Å². The van der Waals surface area contributed by atoms with Crippen molar-refractivity contribution in [1.29, 1.82) is 0 Å². The number of H-pyrrole nitrogens is 1. The lowest BCUT2D eigenvalue weighted by molar-refractivity contribution is 0.271. The van der Waals surface area contributed by atoms with Crippen molar-refractivity contribution in [3.63, 3.8) is 0 Å². The molecule has 2 N–H and O–H groups in total. The zero-order chi connectivity index (χ0) is 17.8. The van der Waals surface area contributed by atoms with Gasteiger partial charge < -0.3 is 5.32 Å². The first-order chi connectivity index (χ1) is 12.8. The fourth-order valence-electron chi connectivity index (χ4n) is 3.92. The second kappa shape index (κ2) is 7.76. The van der Waals surface area contributed by atoms with Crippen molar-refractivity contribution >= 4 is 0 Å². The largest absolute Gasteiger partial charge is 0.312 e. The number of aromatic nitrogens is 4. The third-order valence-corrected chi connectivity index (χ3v) is 5.19. The molecule has 2 atom stereocenters. The molecule has 0 bridgehead atoms. The summed E-state index contributed by atoms with van der Waals surface area (Å²) in [7, 11) is 2.20. The third-order valence-electron chi connectivity index (χ3n) is 5.19. The van der Waals surface area contributed by atoms with Crippen LogP contribution in [-0.4, -0.2) is 45.2 Å². The highest BCUT2D eigenvalue weighted by molar-refractivity contribution is 5.61. The van der Waals surface area contributed by atoms with Crippen LogP contribution in [-0.2, 0) is 6.54 Å². The normalized spacial score (nSPS) is 20.5. The molecule has 0 aromatic carbocycles. The minimum atomic E-state index is 0.429. The van der Waals surface area contributed by atoms with Crippen LogP contribution in [0.25, 0.3) is 11.3 Å². The van der Waals surface area contributed by atoms with E-state index in [-0.39, 0.29) is 0 Å². The summed E-state index contributed by atoms with van der Waals surface area (Å²) in [5, 5.41) is 10.9. The fraction of sp³-hybridized carbons (Fsp3) is 0.350. The molecule has 0 spiro atoms. The minimum absolute atomic E-state index is 0.429. The molecule has 1 saturated heterocycles. The highest BCUT2D eigenvalue weighted by atomic mass is 15.2. The lowest BCUT2D eigenvalue weighted by Crippen LogP contribution is -2.28. The number of likely N-dealkylation sites (tertiary alicyclic amines) is 1. The molecule has 0 unspecified atom stereocenters. The Morgan fingerprint density at radius 3 is 2.77 bits per heavy atom. The first-order valence-corrected chi connectivity index (χ1v) is 9.06. The summed E-state index contributed by atoms with van der Waals surface area (Å²) in [6, 6.07) is 8.63. The number of nitrogens with one attached hydrogen (secondary N) is 2. The first-order valence-electron chi connectivity index (χ1n) is 9.06. The van der Waals surface area contributed by atoms with Crippen LogP contribution >= 0.6 is 0 Å². The van der Waals surface area contributed by atoms with Crippen molar-refractivity contribution < 1.29 is 0 Å². The lowest BCUT2D eigenvalue weighted by atomic mass is 9.94. The zero-order valence-electron chi connectivity index (χ0n) is 15.0. The van der Waals surface area contributed by atoms with Gasteiger partial charge in [-0.2, -0.15) is 5.10 Å². The molecule has 3 aromatic heterocycles. The lowest BCUT2D eigenvalue weighted by Gasteiger charge is -2.25. The van der Waals surface area contributed by atoms with E-state index in [1.165, 1.54) is 17.5 Å². The standard InChI is InChI=1S/C20H24N6/c1-26-9-6-17(20(26)16-5-3-8-22-11-16)12-23-13-18-14-24-25-19(18)15-4-2-7-21-10-15/h2-5,7-8,10-11,14,17,20,23H,6,9,12-13H2,1H3,(H,24,25)/t17-,20-/m0/s1. The molecule has 134 valence electrons. The highest BCUT2D eigenvalue weighted by Gasteiger charge is 2.32. The summed E-state index contributed by atoms with van der Waals surface area (Å²) in [5.74, 6) is 0.581. The maximum absolute atomic E-state index is 4.30. The molecule has 26 heavy (non-hydrogen) atoms. The Balaban J connectivity index is 1.40. The van der Waals surface area contributed by atoms with Crippen LogP contribution in [0.5, 0.6) is 0 Å². The number of aromatic amines is 1. The molecule has 4 heterocycles. The van der Waals surface area contributed by atoms with Crippen LogP contribution in [0, 0.1) is 5.92 Å². The van der Waals surface area contributed by atoms with Gasteiger partial charge in [0.15, 0.2) is 0 Å². The van der Waals surface area contributed by atoms with Crippen molar-refractivity contribution in [1.82, 2.24) is 30.4 Å². The summed E-state index contributed by atoms with van der Waals surface area (Å²) in [6.45, 7) is 2.89. The van der Waals surface area contributed by atoms with Crippen LogP contribution in [0.15, 0.2) is 55.2 Å². The van der Waals surface area contributed by atoms with Gasteiger partial charge in [0, 0.05) is 55.0 Å². The Morgan fingerprint density at radius 2 is 2.00 bits per heavy atom. The van der Waals surface area contributed by atoms with Crippen molar-refractivity contribution in [2.75, 3.05) is 20.1 Å². The maximum Gasteiger partial charge on any atom is 0.0710 e. The number of pyridine rings is 2. The van der Waals surface area contributed by atoms with Gasteiger partial charge in [-0.3, -0.25) is 20.0 Å². The fourth-order valence-corrected chi connectivity index (χ4v) is 3.92. The molecule has 0 amide bonds. The van der Waals surface area contributed by atoms with Gasteiger partial charge in [-0.15, -0.1) is 0 Å². The predicted molar refractivity (Wildman–Crippen MR) is 101 cm³/mol. The number of nitrogens with zero attached hydrogens (tertiary/aromatic N) is 4. The Bertz CT molecular complexity index is 817. The van der Waals surface area contributed by atoms with Gasteiger partial charge in [0.1, 0.15) is 0 Å². The van der Waals surface area contributed by atoms with Crippen molar-refractivity contribution in [2.45, 2.75) is 19.0 Å². The summed E-state index contributed by atoms with van der Waals surface area (Å²) < 4.78 is 0. The average molecular weight is 348 g/mol.